The Hall–Kier alpha value is -2.63. The van der Waals surface area contributed by atoms with Gasteiger partial charge in [-0.3, -0.25) is 14.4 Å². The van der Waals surface area contributed by atoms with Crippen LogP contribution in [0.5, 0.6) is 5.75 Å². The van der Waals surface area contributed by atoms with E-state index in [1.54, 1.807) is 25.3 Å². The molecule has 0 radical (unpaired) electrons. The normalized spacial score (nSPS) is 18.1. The van der Waals surface area contributed by atoms with Crippen molar-refractivity contribution in [2.24, 2.45) is 11.8 Å². The standard InChI is InChI=1S/C26H34ClN3O4Si/c1-34-25-12-18(27)11-21-20(25)13-22(30-21)24(32)10-17(15-35(2,3)4)26(33)29-19(14-28)9-16-7-5-6-8-23(16)31/h11-13,16-17,19,30H,5-10,15H2,1-4H3,(H,29,33)/t16-,17-,19-/m0/s1. The minimum Gasteiger partial charge on any atom is -0.496 e. The first-order valence-corrected chi connectivity index (χ1v) is 16.2. The zero-order valence-electron chi connectivity index (χ0n) is 20.9. The van der Waals surface area contributed by atoms with E-state index in [9.17, 15) is 19.6 Å². The molecule has 0 bridgehead atoms. The summed E-state index contributed by atoms with van der Waals surface area (Å²) in [5.41, 5.74) is 1.07. The number of aromatic amines is 1. The van der Waals surface area contributed by atoms with Crippen molar-refractivity contribution in [1.82, 2.24) is 10.3 Å². The van der Waals surface area contributed by atoms with E-state index < -0.39 is 20.0 Å². The van der Waals surface area contributed by atoms with Gasteiger partial charge in [0.05, 0.1) is 24.4 Å². The third-order valence-corrected chi connectivity index (χ3v) is 8.46. The zero-order valence-corrected chi connectivity index (χ0v) is 22.6. The number of benzene rings is 1. The number of H-pyrrole nitrogens is 1. The Morgan fingerprint density at radius 2 is 2.03 bits per heavy atom. The lowest BCUT2D eigenvalue weighted by Crippen LogP contribution is -2.42. The maximum atomic E-state index is 13.3. The fourth-order valence-electron chi connectivity index (χ4n) is 4.84. The molecule has 1 saturated carbocycles. The Balaban J connectivity index is 1.76. The van der Waals surface area contributed by atoms with Gasteiger partial charge in [0.1, 0.15) is 17.6 Å². The van der Waals surface area contributed by atoms with Crippen molar-refractivity contribution in [3.8, 4) is 11.8 Å². The molecule has 1 aliphatic rings. The number of nitrogens with one attached hydrogen (secondary N) is 2. The lowest BCUT2D eigenvalue weighted by atomic mass is 9.84. The van der Waals surface area contributed by atoms with Crippen LogP contribution in [0.25, 0.3) is 10.9 Å². The molecule has 1 aromatic heterocycles. The summed E-state index contributed by atoms with van der Waals surface area (Å²) in [5, 5.41) is 13.7. The number of hydrogen-bond acceptors (Lipinski definition) is 5. The third kappa shape index (κ3) is 7.18. The minimum absolute atomic E-state index is 0.0273. The van der Waals surface area contributed by atoms with E-state index >= 15 is 0 Å². The van der Waals surface area contributed by atoms with Gasteiger partial charge >= 0.3 is 0 Å². The second-order valence-electron chi connectivity index (χ2n) is 10.7. The van der Waals surface area contributed by atoms with E-state index in [1.807, 2.05) is 0 Å². The molecular weight excluding hydrogens is 482 g/mol. The van der Waals surface area contributed by atoms with Crippen molar-refractivity contribution in [3.63, 3.8) is 0 Å². The van der Waals surface area contributed by atoms with Gasteiger partial charge in [-0.15, -0.1) is 0 Å². The molecule has 1 heterocycles. The average Bonchev–Trinajstić information content (AvgIpc) is 3.22. The Bertz CT molecular complexity index is 1150. The van der Waals surface area contributed by atoms with Gasteiger partial charge in [0.25, 0.3) is 0 Å². The van der Waals surface area contributed by atoms with E-state index in [-0.39, 0.29) is 29.8 Å². The Morgan fingerprint density at radius 1 is 1.29 bits per heavy atom. The second kappa shape index (κ2) is 11.4. The maximum absolute atomic E-state index is 13.3. The SMILES string of the molecule is COc1cc(Cl)cc2[nH]c(C(=O)C[C@@H](C[Si](C)(C)C)C(=O)N[C@H](C#N)C[C@@H]3CCCCC3=O)cc12. The predicted molar refractivity (Wildman–Crippen MR) is 140 cm³/mol. The number of fused-ring (bicyclic) bond motifs is 1. The van der Waals surface area contributed by atoms with Gasteiger partial charge in [-0.2, -0.15) is 5.26 Å². The van der Waals surface area contributed by atoms with Crippen molar-refractivity contribution >= 4 is 48.1 Å². The van der Waals surface area contributed by atoms with Gasteiger partial charge in [0.2, 0.25) is 5.91 Å². The van der Waals surface area contributed by atoms with E-state index in [1.165, 1.54) is 0 Å². The number of Topliss-reactive ketones (excluding diaryl/α,β-unsaturated/α-hetero) is 2. The van der Waals surface area contributed by atoms with Crippen molar-refractivity contribution in [1.29, 1.82) is 5.26 Å². The van der Waals surface area contributed by atoms with E-state index in [2.05, 4.69) is 36.0 Å². The Labute approximate surface area is 212 Å². The van der Waals surface area contributed by atoms with Crippen molar-refractivity contribution in [2.75, 3.05) is 7.11 Å². The summed E-state index contributed by atoms with van der Waals surface area (Å²) in [6.45, 7) is 6.45. The van der Waals surface area contributed by atoms with Crippen LogP contribution in [-0.2, 0) is 9.59 Å². The van der Waals surface area contributed by atoms with E-state index in [0.717, 1.165) is 24.6 Å². The molecule has 2 N–H and O–H groups in total. The number of nitrogens with zero attached hydrogens (tertiary/aromatic N) is 1. The highest BCUT2D eigenvalue weighted by Crippen LogP contribution is 2.32. The number of carbonyl (C=O) groups excluding carboxylic acids is 3. The van der Waals surface area contributed by atoms with Gasteiger partial charge in [-0.25, -0.2) is 0 Å². The number of ketones is 2. The molecule has 35 heavy (non-hydrogen) atoms. The van der Waals surface area contributed by atoms with Gasteiger partial charge in [-0.1, -0.05) is 37.7 Å². The van der Waals surface area contributed by atoms with E-state index in [4.69, 9.17) is 16.3 Å². The highest BCUT2D eigenvalue weighted by Gasteiger charge is 2.32. The van der Waals surface area contributed by atoms with Crippen LogP contribution < -0.4 is 10.1 Å². The summed E-state index contributed by atoms with van der Waals surface area (Å²) in [5.74, 6) is -0.480. The number of nitriles is 1. The van der Waals surface area contributed by atoms with Crippen LogP contribution in [0.15, 0.2) is 18.2 Å². The lowest BCUT2D eigenvalue weighted by Gasteiger charge is -2.26. The molecular formula is C26H34ClN3O4Si. The topological polar surface area (TPSA) is 112 Å². The smallest absolute Gasteiger partial charge is 0.224 e. The Morgan fingerprint density at radius 3 is 2.66 bits per heavy atom. The molecule has 188 valence electrons. The molecule has 1 aromatic carbocycles. The number of aromatic nitrogens is 1. The molecule has 9 heteroatoms. The number of methoxy groups -OCH3 is 1. The summed E-state index contributed by atoms with van der Waals surface area (Å²) in [6.07, 6.45) is 3.53. The molecule has 7 nitrogen and oxygen atoms in total. The highest BCUT2D eigenvalue weighted by molar-refractivity contribution is 6.76. The number of rotatable bonds is 10. The molecule has 0 spiro atoms. The molecule has 1 fully saturated rings. The predicted octanol–water partition coefficient (Wildman–Crippen LogP) is 5.51. The summed E-state index contributed by atoms with van der Waals surface area (Å²) in [6, 6.07) is 7.16. The average molecular weight is 516 g/mol. The quantitative estimate of drug-likeness (QED) is 0.320. The number of amides is 1. The molecule has 0 aliphatic heterocycles. The molecule has 0 unspecified atom stereocenters. The molecule has 1 aliphatic carbocycles. The number of ether oxygens (including phenoxy) is 1. The number of halogens is 1. The highest BCUT2D eigenvalue weighted by atomic mass is 35.5. The van der Waals surface area contributed by atoms with Crippen LogP contribution in [0.2, 0.25) is 30.7 Å². The second-order valence-corrected chi connectivity index (χ2v) is 16.6. The zero-order chi connectivity index (χ0) is 25.8. The first-order valence-electron chi connectivity index (χ1n) is 12.1. The first-order chi connectivity index (χ1) is 16.5. The van der Waals surface area contributed by atoms with Gasteiger partial charge < -0.3 is 15.0 Å². The van der Waals surface area contributed by atoms with E-state index in [0.29, 0.717) is 40.9 Å². The largest absolute Gasteiger partial charge is 0.496 e. The van der Waals surface area contributed by atoms with Gasteiger partial charge in [0, 0.05) is 43.2 Å². The van der Waals surface area contributed by atoms with Crippen molar-refractivity contribution in [2.45, 2.75) is 70.3 Å². The summed E-state index contributed by atoms with van der Waals surface area (Å²) in [7, 11) is -0.175. The molecule has 1 amide bonds. The first kappa shape index (κ1) is 27.0. The van der Waals surface area contributed by atoms with Crippen LogP contribution >= 0.6 is 11.6 Å². The summed E-state index contributed by atoms with van der Waals surface area (Å²) in [4.78, 5) is 41.8. The monoisotopic (exact) mass is 515 g/mol. The number of carbonyl (C=O) groups is 3. The fraction of sp³-hybridized carbons (Fsp3) is 0.538. The summed E-state index contributed by atoms with van der Waals surface area (Å²) >= 11 is 6.15. The molecule has 3 rings (SSSR count). The van der Waals surface area contributed by atoms with Gasteiger partial charge in [0.15, 0.2) is 5.78 Å². The van der Waals surface area contributed by atoms with Crippen molar-refractivity contribution < 1.29 is 19.1 Å². The van der Waals surface area contributed by atoms with Crippen LogP contribution in [0.3, 0.4) is 0 Å². The molecule has 3 atom stereocenters. The molecule has 0 saturated heterocycles. The number of hydrogen-bond donors (Lipinski definition) is 2. The minimum atomic E-state index is -1.72. The van der Waals surface area contributed by atoms with Crippen molar-refractivity contribution in [3.05, 3.63) is 28.9 Å². The van der Waals surface area contributed by atoms with Crippen LogP contribution in [0.1, 0.15) is 49.0 Å². The summed E-state index contributed by atoms with van der Waals surface area (Å²) < 4.78 is 5.38. The third-order valence-electron chi connectivity index (χ3n) is 6.52. The van der Waals surface area contributed by atoms with Crippen LogP contribution in [-0.4, -0.2) is 43.7 Å². The van der Waals surface area contributed by atoms with Crippen LogP contribution in [0, 0.1) is 23.2 Å². The van der Waals surface area contributed by atoms with Gasteiger partial charge in [-0.05, 0) is 43.5 Å². The van der Waals surface area contributed by atoms with Crippen LogP contribution in [0.4, 0.5) is 0 Å². The maximum Gasteiger partial charge on any atom is 0.224 e. The molecule has 2 aromatic rings. The Kier molecular flexibility index (Phi) is 8.78. The lowest BCUT2D eigenvalue weighted by molar-refractivity contribution is -0.127. The fourth-order valence-corrected chi connectivity index (χ4v) is 6.86.